The first-order valence-corrected chi connectivity index (χ1v) is 12.3. The van der Waals surface area contributed by atoms with Crippen molar-refractivity contribution in [3.8, 4) is 0 Å². The van der Waals surface area contributed by atoms with Crippen molar-refractivity contribution in [1.82, 2.24) is 24.5 Å². The molecule has 3 aliphatic rings. The molecule has 0 aliphatic carbocycles. The predicted octanol–water partition coefficient (Wildman–Crippen LogP) is 0.903. The van der Waals surface area contributed by atoms with Crippen molar-refractivity contribution < 1.29 is 14.3 Å². The Balaban J connectivity index is 1.55. The lowest BCUT2D eigenvalue weighted by Gasteiger charge is -2.56. The number of carbonyl (C=O) groups is 2. The summed E-state index contributed by atoms with van der Waals surface area (Å²) >= 11 is 0. The fraction of sp³-hybridized carbons (Fsp3) is 0.760. The van der Waals surface area contributed by atoms with Gasteiger partial charge in [0.15, 0.2) is 0 Å². The van der Waals surface area contributed by atoms with Crippen LogP contribution in [0.5, 0.6) is 0 Å². The van der Waals surface area contributed by atoms with Crippen molar-refractivity contribution >= 4 is 11.8 Å². The smallest absolute Gasteiger partial charge is 0.246 e. The number of likely N-dealkylation sites (N-methyl/N-ethyl adjacent to an activating group) is 1. The summed E-state index contributed by atoms with van der Waals surface area (Å²) in [6.45, 7) is 17.3. The summed E-state index contributed by atoms with van der Waals surface area (Å²) in [6.07, 6.45) is 6.00. The van der Waals surface area contributed by atoms with E-state index in [4.69, 9.17) is 4.74 Å². The summed E-state index contributed by atoms with van der Waals surface area (Å²) in [6, 6.07) is 1.02. The third-order valence-electron chi connectivity index (χ3n) is 7.28. The highest BCUT2D eigenvalue weighted by atomic mass is 16.5. The summed E-state index contributed by atoms with van der Waals surface area (Å²) in [5.41, 5.74) is -0.00877. The van der Waals surface area contributed by atoms with Gasteiger partial charge in [0.1, 0.15) is 0 Å². The van der Waals surface area contributed by atoms with Crippen molar-refractivity contribution in [2.24, 2.45) is 0 Å². The number of piperazine rings is 2. The van der Waals surface area contributed by atoms with Gasteiger partial charge in [0, 0.05) is 63.9 Å². The summed E-state index contributed by atoms with van der Waals surface area (Å²) in [5, 5.41) is 0. The second-order valence-corrected chi connectivity index (χ2v) is 10.4. The summed E-state index contributed by atoms with van der Waals surface area (Å²) < 4.78 is 5.53. The van der Waals surface area contributed by atoms with Gasteiger partial charge in [-0.25, -0.2) is 0 Å². The molecule has 0 aromatic carbocycles. The van der Waals surface area contributed by atoms with Crippen LogP contribution in [0.2, 0.25) is 0 Å². The van der Waals surface area contributed by atoms with Crippen LogP contribution in [0.15, 0.2) is 24.8 Å². The minimum atomic E-state index is -0.00877. The van der Waals surface area contributed by atoms with Crippen molar-refractivity contribution in [2.75, 3.05) is 73.1 Å². The molecule has 8 heteroatoms. The number of hydrogen-bond acceptors (Lipinski definition) is 6. The molecule has 0 bridgehead atoms. The Morgan fingerprint density at radius 3 is 2.36 bits per heavy atom. The highest BCUT2D eigenvalue weighted by molar-refractivity contribution is 5.88. The van der Waals surface area contributed by atoms with Gasteiger partial charge in [-0.05, 0) is 53.4 Å². The maximum atomic E-state index is 12.9. The van der Waals surface area contributed by atoms with E-state index in [-0.39, 0.29) is 23.4 Å². The largest absolute Gasteiger partial charge is 0.377 e. The van der Waals surface area contributed by atoms with Crippen LogP contribution in [0.4, 0.5) is 0 Å². The van der Waals surface area contributed by atoms with E-state index < -0.39 is 0 Å². The van der Waals surface area contributed by atoms with Gasteiger partial charge in [0.25, 0.3) is 0 Å². The Morgan fingerprint density at radius 2 is 1.79 bits per heavy atom. The van der Waals surface area contributed by atoms with Gasteiger partial charge in [-0.2, -0.15) is 0 Å². The first-order chi connectivity index (χ1) is 15.7. The normalized spacial score (nSPS) is 25.1. The number of nitrogens with zero attached hydrogens (tertiary/aromatic N) is 5. The van der Waals surface area contributed by atoms with E-state index in [1.165, 1.54) is 6.08 Å². The van der Waals surface area contributed by atoms with Gasteiger partial charge in [0.05, 0.1) is 18.8 Å². The highest BCUT2D eigenvalue weighted by Gasteiger charge is 2.49. The second-order valence-electron chi connectivity index (χ2n) is 10.4. The van der Waals surface area contributed by atoms with Crippen molar-refractivity contribution in [3.63, 3.8) is 0 Å². The Labute approximate surface area is 199 Å². The average Bonchev–Trinajstić information content (AvgIpc) is 2.76. The molecule has 0 aromatic rings. The Hall–Kier alpha value is -1.74. The zero-order valence-electron chi connectivity index (χ0n) is 21.2. The average molecular weight is 462 g/mol. The highest BCUT2D eigenvalue weighted by Crippen LogP contribution is 2.31. The molecule has 3 saturated heterocycles. The molecule has 186 valence electrons. The lowest BCUT2D eigenvalue weighted by Crippen LogP contribution is -2.73. The number of hydrogen-bond donors (Lipinski definition) is 0. The van der Waals surface area contributed by atoms with E-state index in [1.54, 1.807) is 6.08 Å². The summed E-state index contributed by atoms with van der Waals surface area (Å²) in [4.78, 5) is 36.1. The van der Waals surface area contributed by atoms with E-state index in [0.717, 1.165) is 39.1 Å². The number of ether oxygens (including phenoxy) is 1. The van der Waals surface area contributed by atoms with Gasteiger partial charge in [-0.1, -0.05) is 12.7 Å². The van der Waals surface area contributed by atoms with E-state index in [1.807, 2.05) is 15.9 Å². The molecule has 0 N–H and O–H groups in total. The molecule has 0 radical (unpaired) electrons. The lowest BCUT2D eigenvalue weighted by molar-refractivity contribution is -0.182. The van der Waals surface area contributed by atoms with Crippen LogP contribution in [0.3, 0.4) is 0 Å². The monoisotopic (exact) mass is 461 g/mol. The molecule has 8 nitrogen and oxygen atoms in total. The number of amides is 2. The number of carbonyl (C=O) groups excluding carboxylic acids is 2. The molecule has 3 rings (SSSR count). The van der Waals surface area contributed by atoms with Crippen LogP contribution >= 0.6 is 0 Å². The quantitative estimate of drug-likeness (QED) is 0.501. The summed E-state index contributed by atoms with van der Waals surface area (Å²) in [5.74, 6) is 0.104. The molecular formula is C25H43N5O3. The van der Waals surface area contributed by atoms with Crippen LogP contribution in [0, 0.1) is 0 Å². The molecule has 2 atom stereocenters. The third-order valence-corrected chi connectivity index (χ3v) is 7.28. The van der Waals surface area contributed by atoms with Crippen molar-refractivity contribution in [1.29, 1.82) is 0 Å². The molecule has 0 saturated carbocycles. The standard InChI is InChI=1S/C25H43N5O3/c1-7-23(31)27-11-13-29(22(16-27)15-26(5)6)21(4)9-8-10-24(32)28-12-14-30(20(2)3)25(17-28)18-33-19-25/h7-8,10,20-22H,1,9,11-19H2,2-6H3/b10-8-. The van der Waals surface area contributed by atoms with E-state index in [9.17, 15) is 9.59 Å². The molecule has 3 fully saturated rings. The van der Waals surface area contributed by atoms with Crippen molar-refractivity contribution in [3.05, 3.63) is 24.8 Å². The first kappa shape index (κ1) is 25.9. The molecule has 3 heterocycles. The zero-order chi connectivity index (χ0) is 24.2. The van der Waals surface area contributed by atoms with Crippen LogP contribution in [0.25, 0.3) is 0 Å². The Kier molecular flexibility index (Phi) is 8.72. The zero-order valence-corrected chi connectivity index (χ0v) is 21.2. The Bertz CT molecular complexity index is 734. The van der Waals surface area contributed by atoms with Gasteiger partial charge < -0.3 is 19.4 Å². The van der Waals surface area contributed by atoms with Gasteiger partial charge in [-0.3, -0.25) is 19.4 Å². The Morgan fingerprint density at radius 1 is 1.09 bits per heavy atom. The molecule has 1 spiro atoms. The third kappa shape index (κ3) is 6.04. The number of rotatable bonds is 8. The van der Waals surface area contributed by atoms with Crippen LogP contribution < -0.4 is 0 Å². The van der Waals surface area contributed by atoms with Crippen LogP contribution in [-0.4, -0.2) is 133 Å². The van der Waals surface area contributed by atoms with Gasteiger partial charge in [-0.15, -0.1) is 0 Å². The maximum Gasteiger partial charge on any atom is 0.246 e. The van der Waals surface area contributed by atoms with Gasteiger partial charge in [0.2, 0.25) is 11.8 Å². The van der Waals surface area contributed by atoms with E-state index in [2.05, 4.69) is 56.1 Å². The molecular weight excluding hydrogens is 418 g/mol. The summed E-state index contributed by atoms with van der Waals surface area (Å²) in [7, 11) is 4.13. The van der Waals surface area contributed by atoms with Crippen LogP contribution in [-0.2, 0) is 14.3 Å². The maximum absolute atomic E-state index is 12.9. The lowest BCUT2D eigenvalue weighted by atomic mass is 9.90. The van der Waals surface area contributed by atoms with E-state index >= 15 is 0 Å². The minimum Gasteiger partial charge on any atom is -0.377 e. The fourth-order valence-corrected chi connectivity index (χ4v) is 5.55. The molecule has 2 unspecified atom stereocenters. The van der Waals surface area contributed by atoms with Crippen molar-refractivity contribution in [2.45, 2.75) is 50.9 Å². The molecule has 0 aromatic heterocycles. The topological polar surface area (TPSA) is 59.6 Å². The molecule has 3 aliphatic heterocycles. The van der Waals surface area contributed by atoms with Gasteiger partial charge >= 0.3 is 0 Å². The second kappa shape index (κ2) is 11.1. The SMILES string of the molecule is C=CC(=O)N1CCN(C(C)C/C=C\C(=O)N2CCN(C(C)C)C3(COC3)C2)C(CN(C)C)C1. The first-order valence-electron chi connectivity index (χ1n) is 12.3. The minimum absolute atomic E-state index is 0.00347. The molecule has 33 heavy (non-hydrogen) atoms. The van der Waals surface area contributed by atoms with E-state index in [0.29, 0.717) is 38.4 Å². The van der Waals surface area contributed by atoms with Crippen LogP contribution in [0.1, 0.15) is 27.2 Å². The predicted molar refractivity (Wildman–Crippen MR) is 131 cm³/mol. The fourth-order valence-electron chi connectivity index (χ4n) is 5.55. The molecule has 2 amide bonds.